The Kier molecular flexibility index (Phi) is 4.25. The van der Waals surface area contributed by atoms with Gasteiger partial charge >= 0.3 is 0 Å². The molecule has 11 heteroatoms. The van der Waals surface area contributed by atoms with Gasteiger partial charge in [0.1, 0.15) is 28.8 Å². The summed E-state index contributed by atoms with van der Waals surface area (Å²) in [6.07, 6.45) is 1.58. The van der Waals surface area contributed by atoms with E-state index in [0.717, 1.165) is 6.20 Å². The van der Waals surface area contributed by atoms with Crippen LogP contribution in [0.15, 0.2) is 36.5 Å². The molecule has 0 aliphatic carbocycles. The van der Waals surface area contributed by atoms with Crippen LogP contribution in [0.4, 0.5) is 20.4 Å². The van der Waals surface area contributed by atoms with Gasteiger partial charge in [0.25, 0.3) is 5.95 Å². The second kappa shape index (κ2) is 7.11. The molecule has 9 nitrogen and oxygen atoms in total. The first-order chi connectivity index (χ1) is 16.4. The molecule has 0 saturated heterocycles. The van der Waals surface area contributed by atoms with E-state index in [1.165, 1.54) is 16.8 Å². The molecule has 0 unspecified atom stereocenters. The summed E-state index contributed by atoms with van der Waals surface area (Å²) < 4.78 is 29.7. The Labute approximate surface area is 191 Å². The number of nitrogens with zero attached hydrogens (tertiary/aromatic N) is 5. The molecule has 1 aromatic carbocycles. The van der Waals surface area contributed by atoms with Crippen LogP contribution in [0.25, 0.3) is 17.0 Å². The van der Waals surface area contributed by atoms with Gasteiger partial charge in [-0.3, -0.25) is 9.59 Å². The summed E-state index contributed by atoms with van der Waals surface area (Å²) in [6.45, 7) is 1.83. The summed E-state index contributed by atoms with van der Waals surface area (Å²) in [5.41, 5.74) is 0.938. The number of carbonyl (C=O) groups is 2. The summed E-state index contributed by atoms with van der Waals surface area (Å²) in [7, 11) is 0. The van der Waals surface area contributed by atoms with E-state index in [-0.39, 0.29) is 47.8 Å². The molecule has 0 fully saturated rings. The summed E-state index contributed by atoms with van der Waals surface area (Å²) in [4.78, 5) is 38.3. The van der Waals surface area contributed by atoms with Crippen LogP contribution in [0, 0.1) is 11.6 Å². The van der Waals surface area contributed by atoms with Crippen molar-refractivity contribution in [3.05, 3.63) is 65.0 Å². The minimum Gasteiger partial charge on any atom is -0.310 e. The first kappa shape index (κ1) is 20.3. The van der Waals surface area contributed by atoms with Crippen molar-refractivity contribution in [1.29, 1.82) is 0 Å². The normalized spacial score (nSPS) is 18.7. The SMILES string of the molecule is CC[C@@]12CC(=O)Nc3nc(-n4nc(Cc5ccccc5F)c5ncc(F)cc54)nc(c31)NC2=O. The number of aromatic nitrogens is 5. The number of hydrogen-bond donors (Lipinski definition) is 2. The van der Waals surface area contributed by atoms with Crippen molar-refractivity contribution in [2.24, 2.45) is 0 Å². The highest BCUT2D eigenvalue weighted by molar-refractivity contribution is 6.13. The maximum atomic E-state index is 14.3. The lowest BCUT2D eigenvalue weighted by molar-refractivity contribution is -0.126. The van der Waals surface area contributed by atoms with Crippen molar-refractivity contribution in [1.82, 2.24) is 24.7 Å². The van der Waals surface area contributed by atoms with Gasteiger partial charge in [0.2, 0.25) is 11.8 Å². The minimum absolute atomic E-state index is 0.00462. The van der Waals surface area contributed by atoms with Gasteiger partial charge in [0, 0.05) is 18.9 Å². The van der Waals surface area contributed by atoms with Crippen molar-refractivity contribution in [2.45, 2.75) is 31.6 Å². The van der Waals surface area contributed by atoms with Crippen LogP contribution in [0.1, 0.15) is 36.6 Å². The van der Waals surface area contributed by atoms with Crippen LogP contribution in [-0.2, 0) is 21.4 Å². The van der Waals surface area contributed by atoms with Crippen molar-refractivity contribution in [3.8, 4) is 5.95 Å². The molecule has 170 valence electrons. The van der Waals surface area contributed by atoms with E-state index in [0.29, 0.717) is 28.8 Å². The molecule has 3 aromatic heterocycles. The van der Waals surface area contributed by atoms with Gasteiger partial charge < -0.3 is 10.6 Å². The summed E-state index contributed by atoms with van der Waals surface area (Å²) in [5, 5.41) is 9.99. The standard InChI is InChI=1S/C23H17F2N7O2/c1-2-23-9-16(33)27-19-17(23)20(28-21(23)34)30-22(29-19)32-15-8-12(24)10-26-18(15)14(31-32)7-11-5-3-4-6-13(11)25/h3-6,8,10H,2,7,9H2,1H3,(H2,27,28,29,30,33,34)/t23-/m1/s1. The Hall–Kier alpha value is -4.28. The van der Waals surface area contributed by atoms with Crippen LogP contribution in [-0.4, -0.2) is 36.5 Å². The van der Waals surface area contributed by atoms with E-state index in [9.17, 15) is 18.4 Å². The lowest BCUT2D eigenvalue weighted by Gasteiger charge is -2.30. The van der Waals surface area contributed by atoms with Crippen LogP contribution < -0.4 is 10.6 Å². The molecule has 0 radical (unpaired) electrons. The van der Waals surface area contributed by atoms with E-state index in [4.69, 9.17) is 0 Å². The third-order valence-electron chi connectivity index (χ3n) is 6.43. The molecule has 2 N–H and O–H groups in total. The van der Waals surface area contributed by atoms with E-state index in [2.05, 4.69) is 30.7 Å². The highest BCUT2D eigenvalue weighted by Gasteiger charge is 2.52. The predicted octanol–water partition coefficient (Wildman–Crippen LogP) is 3.02. The lowest BCUT2D eigenvalue weighted by atomic mass is 9.75. The Morgan fingerprint density at radius 2 is 1.88 bits per heavy atom. The maximum absolute atomic E-state index is 14.3. The average Bonchev–Trinajstić information content (AvgIpc) is 3.30. The minimum atomic E-state index is -1.03. The van der Waals surface area contributed by atoms with E-state index >= 15 is 0 Å². The molecular formula is C23H17F2N7O2. The number of hydrogen-bond acceptors (Lipinski definition) is 6. The second-order valence-corrected chi connectivity index (χ2v) is 8.36. The molecule has 2 amide bonds. The quantitative estimate of drug-likeness (QED) is 0.483. The number of halogens is 2. The van der Waals surface area contributed by atoms with Gasteiger partial charge in [-0.05, 0) is 18.1 Å². The highest BCUT2D eigenvalue weighted by atomic mass is 19.1. The number of rotatable bonds is 4. The Morgan fingerprint density at radius 1 is 1.12 bits per heavy atom. The topological polar surface area (TPSA) is 115 Å². The monoisotopic (exact) mass is 461 g/mol. The Bertz CT molecular complexity index is 1530. The molecule has 4 aromatic rings. The number of fused-ring (bicyclic) bond motifs is 1. The van der Waals surface area contributed by atoms with Gasteiger partial charge in [-0.25, -0.2) is 13.8 Å². The van der Waals surface area contributed by atoms with Crippen LogP contribution in [0.3, 0.4) is 0 Å². The van der Waals surface area contributed by atoms with Gasteiger partial charge in [-0.15, -0.1) is 0 Å². The molecule has 0 saturated carbocycles. The number of carbonyl (C=O) groups excluding carboxylic acids is 2. The third-order valence-corrected chi connectivity index (χ3v) is 6.43. The largest absolute Gasteiger partial charge is 0.310 e. The molecule has 34 heavy (non-hydrogen) atoms. The summed E-state index contributed by atoms with van der Waals surface area (Å²) in [6, 6.07) is 7.52. The fourth-order valence-electron chi connectivity index (χ4n) is 4.73. The number of anilines is 2. The van der Waals surface area contributed by atoms with Crippen LogP contribution in [0.5, 0.6) is 0 Å². The Balaban J connectivity index is 1.55. The third kappa shape index (κ3) is 2.82. The van der Waals surface area contributed by atoms with Crippen LogP contribution >= 0.6 is 0 Å². The lowest BCUT2D eigenvalue weighted by Crippen LogP contribution is -2.41. The number of amides is 2. The number of nitrogens with one attached hydrogen (secondary N) is 2. The van der Waals surface area contributed by atoms with Gasteiger partial charge in [0.15, 0.2) is 0 Å². The van der Waals surface area contributed by atoms with E-state index < -0.39 is 17.0 Å². The number of pyridine rings is 1. The molecule has 2 aliphatic rings. The predicted molar refractivity (Wildman–Crippen MR) is 117 cm³/mol. The zero-order chi connectivity index (χ0) is 23.6. The van der Waals surface area contributed by atoms with Gasteiger partial charge in [-0.2, -0.15) is 19.7 Å². The van der Waals surface area contributed by atoms with Gasteiger partial charge in [0.05, 0.1) is 28.4 Å². The molecule has 6 rings (SSSR count). The van der Waals surface area contributed by atoms with Gasteiger partial charge in [-0.1, -0.05) is 25.1 Å². The Morgan fingerprint density at radius 3 is 2.65 bits per heavy atom. The fraction of sp³-hybridized carbons (Fsp3) is 0.217. The highest BCUT2D eigenvalue weighted by Crippen LogP contribution is 2.48. The first-order valence-electron chi connectivity index (χ1n) is 10.7. The summed E-state index contributed by atoms with van der Waals surface area (Å²) >= 11 is 0. The van der Waals surface area contributed by atoms with Crippen molar-refractivity contribution in [3.63, 3.8) is 0 Å². The zero-order valence-corrected chi connectivity index (χ0v) is 17.9. The molecule has 0 bridgehead atoms. The molecular weight excluding hydrogens is 444 g/mol. The zero-order valence-electron chi connectivity index (χ0n) is 17.9. The second-order valence-electron chi connectivity index (χ2n) is 8.36. The average molecular weight is 461 g/mol. The fourth-order valence-corrected chi connectivity index (χ4v) is 4.73. The molecule has 5 heterocycles. The molecule has 1 atom stereocenters. The van der Waals surface area contributed by atoms with Crippen molar-refractivity contribution < 1.29 is 18.4 Å². The maximum Gasteiger partial charge on any atom is 0.255 e. The van der Waals surface area contributed by atoms with Crippen molar-refractivity contribution >= 4 is 34.5 Å². The smallest absolute Gasteiger partial charge is 0.255 e. The van der Waals surface area contributed by atoms with Crippen molar-refractivity contribution in [2.75, 3.05) is 10.6 Å². The molecule has 0 spiro atoms. The first-order valence-corrected chi connectivity index (χ1v) is 10.7. The summed E-state index contributed by atoms with van der Waals surface area (Å²) in [5.74, 6) is -1.14. The van der Waals surface area contributed by atoms with Crippen LogP contribution in [0.2, 0.25) is 0 Å². The number of benzene rings is 1. The molecule has 2 aliphatic heterocycles. The van der Waals surface area contributed by atoms with E-state index in [1.807, 2.05) is 6.92 Å². The van der Waals surface area contributed by atoms with E-state index in [1.54, 1.807) is 18.2 Å².